The van der Waals surface area contributed by atoms with Crippen molar-refractivity contribution in [1.29, 1.82) is 0 Å². The fourth-order valence-electron chi connectivity index (χ4n) is 1.78. The average Bonchev–Trinajstić information content (AvgIpc) is 2.41. The molecule has 0 saturated heterocycles. The monoisotopic (exact) mass is 351 g/mol. The van der Waals surface area contributed by atoms with Crippen LogP contribution < -0.4 is 10.1 Å². The summed E-state index contributed by atoms with van der Waals surface area (Å²) in [5.41, 5.74) is 1.77. The van der Waals surface area contributed by atoms with Gasteiger partial charge in [-0.05, 0) is 65.7 Å². The Hall–Kier alpha value is -1.88. The lowest BCUT2D eigenvalue weighted by atomic mass is 10.2. The largest absolute Gasteiger partial charge is 0.480 e. The predicted molar refractivity (Wildman–Crippen MR) is 84.0 cm³/mol. The molecule has 0 radical (unpaired) electrons. The topological polar surface area (TPSA) is 38.3 Å². The number of anilines is 1. The lowest BCUT2D eigenvalue weighted by molar-refractivity contribution is -0.122. The van der Waals surface area contributed by atoms with Crippen LogP contribution in [-0.2, 0) is 4.79 Å². The van der Waals surface area contributed by atoms with Crippen molar-refractivity contribution in [3.05, 3.63) is 58.3 Å². The molecule has 2 aromatic rings. The zero-order chi connectivity index (χ0) is 15.4. The first kappa shape index (κ1) is 15.5. The first-order chi connectivity index (χ1) is 9.95. The molecule has 0 aliphatic carbocycles. The number of ether oxygens (including phenoxy) is 1. The van der Waals surface area contributed by atoms with Gasteiger partial charge in [0.1, 0.15) is 11.6 Å². The van der Waals surface area contributed by atoms with Crippen LogP contribution in [0.3, 0.4) is 0 Å². The van der Waals surface area contributed by atoms with Gasteiger partial charge in [-0.15, -0.1) is 0 Å². The zero-order valence-corrected chi connectivity index (χ0v) is 13.3. The van der Waals surface area contributed by atoms with E-state index in [1.54, 1.807) is 6.92 Å². The number of carbonyl (C=O) groups is 1. The molecule has 110 valence electrons. The van der Waals surface area contributed by atoms with E-state index in [0.717, 1.165) is 5.56 Å². The molecule has 0 aromatic heterocycles. The van der Waals surface area contributed by atoms with E-state index in [1.165, 1.54) is 18.2 Å². The Balaban J connectivity index is 2.02. The molecule has 2 aromatic carbocycles. The number of aryl methyl sites for hydroxylation is 1. The van der Waals surface area contributed by atoms with Gasteiger partial charge < -0.3 is 10.1 Å². The third-order valence-corrected chi connectivity index (χ3v) is 3.47. The maximum Gasteiger partial charge on any atom is 0.265 e. The Labute approximate surface area is 131 Å². The fourth-order valence-corrected chi connectivity index (χ4v) is 2.23. The lowest BCUT2D eigenvalue weighted by Crippen LogP contribution is -2.30. The molecule has 0 spiro atoms. The van der Waals surface area contributed by atoms with Crippen molar-refractivity contribution in [1.82, 2.24) is 0 Å². The molecule has 0 fully saturated rings. The van der Waals surface area contributed by atoms with Crippen LogP contribution >= 0.6 is 15.9 Å². The van der Waals surface area contributed by atoms with Gasteiger partial charge in [0.15, 0.2) is 6.10 Å². The Morgan fingerprint density at radius 3 is 2.71 bits per heavy atom. The third kappa shape index (κ3) is 4.29. The molecule has 0 saturated carbocycles. The SMILES string of the molecule is Cc1cccc(NC(=O)C(C)Oc2ccc(F)cc2Br)c1. The number of halogens is 2. The summed E-state index contributed by atoms with van der Waals surface area (Å²) in [4.78, 5) is 12.1. The number of carbonyl (C=O) groups excluding carboxylic acids is 1. The molecular formula is C16H15BrFNO2. The highest BCUT2D eigenvalue weighted by Crippen LogP contribution is 2.26. The number of benzene rings is 2. The normalized spacial score (nSPS) is 11.8. The summed E-state index contributed by atoms with van der Waals surface area (Å²) in [6, 6.07) is 11.6. The van der Waals surface area contributed by atoms with E-state index in [9.17, 15) is 9.18 Å². The van der Waals surface area contributed by atoms with Crippen molar-refractivity contribution in [3.8, 4) is 5.75 Å². The summed E-state index contributed by atoms with van der Waals surface area (Å²) >= 11 is 3.20. The van der Waals surface area contributed by atoms with Crippen molar-refractivity contribution in [2.24, 2.45) is 0 Å². The second-order valence-corrected chi connectivity index (χ2v) is 5.55. The molecule has 1 amide bonds. The molecular weight excluding hydrogens is 337 g/mol. The molecule has 0 bridgehead atoms. The molecule has 3 nitrogen and oxygen atoms in total. The molecule has 5 heteroatoms. The Bertz CT molecular complexity index is 660. The molecule has 21 heavy (non-hydrogen) atoms. The van der Waals surface area contributed by atoms with Crippen molar-refractivity contribution in [3.63, 3.8) is 0 Å². The standard InChI is InChI=1S/C16H15BrFNO2/c1-10-4-3-5-13(8-10)19-16(20)11(2)21-15-7-6-12(18)9-14(15)17/h3-9,11H,1-2H3,(H,19,20). The van der Waals surface area contributed by atoms with E-state index in [4.69, 9.17) is 4.74 Å². The quantitative estimate of drug-likeness (QED) is 0.891. The van der Waals surface area contributed by atoms with Gasteiger partial charge in [-0.25, -0.2) is 4.39 Å². The number of amides is 1. The van der Waals surface area contributed by atoms with Crippen LogP contribution in [-0.4, -0.2) is 12.0 Å². The van der Waals surface area contributed by atoms with E-state index in [2.05, 4.69) is 21.2 Å². The number of nitrogens with one attached hydrogen (secondary N) is 1. The van der Waals surface area contributed by atoms with Crippen LogP contribution in [0.4, 0.5) is 10.1 Å². The van der Waals surface area contributed by atoms with E-state index >= 15 is 0 Å². The van der Waals surface area contributed by atoms with Crippen molar-refractivity contribution in [2.45, 2.75) is 20.0 Å². The van der Waals surface area contributed by atoms with Gasteiger partial charge in [-0.2, -0.15) is 0 Å². The summed E-state index contributed by atoms with van der Waals surface area (Å²) in [6.07, 6.45) is -0.702. The van der Waals surface area contributed by atoms with E-state index in [1.807, 2.05) is 31.2 Å². The summed E-state index contributed by atoms with van der Waals surface area (Å²) < 4.78 is 19.0. The Kier molecular flexibility index (Phi) is 4.96. The van der Waals surface area contributed by atoms with Crippen molar-refractivity contribution < 1.29 is 13.9 Å². The smallest absolute Gasteiger partial charge is 0.265 e. The van der Waals surface area contributed by atoms with E-state index in [-0.39, 0.29) is 11.7 Å². The van der Waals surface area contributed by atoms with Crippen molar-refractivity contribution >= 4 is 27.5 Å². The molecule has 0 aliphatic rings. The van der Waals surface area contributed by atoms with Crippen LogP contribution in [0.5, 0.6) is 5.75 Å². The highest BCUT2D eigenvalue weighted by molar-refractivity contribution is 9.10. The van der Waals surface area contributed by atoms with Gasteiger partial charge in [0, 0.05) is 5.69 Å². The number of hydrogen-bond donors (Lipinski definition) is 1. The highest BCUT2D eigenvalue weighted by atomic mass is 79.9. The molecule has 0 heterocycles. The van der Waals surface area contributed by atoms with Crippen LogP contribution in [0.2, 0.25) is 0 Å². The summed E-state index contributed by atoms with van der Waals surface area (Å²) in [7, 11) is 0. The van der Waals surface area contributed by atoms with Crippen LogP contribution in [0.25, 0.3) is 0 Å². The minimum Gasteiger partial charge on any atom is -0.480 e. The predicted octanol–water partition coefficient (Wildman–Crippen LogP) is 4.30. The molecule has 2 rings (SSSR count). The molecule has 1 unspecified atom stereocenters. The Morgan fingerprint density at radius 2 is 2.05 bits per heavy atom. The minimum atomic E-state index is -0.702. The second kappa shape index (κ2) is 6.72. The number of rotatable bonds is 4. The maximum atomic E-state index is 13.0. The molecule has 0 aliphatic heterocycles. The zero-order valence-electron chi connectivity index (χ0n) is 11.7. The van der Waals surface area contributed by atoms with Gasteiger partial charge >= 0.3 is 0 Å². The summed E-state index contributed by atoms with van der Waals surface area (Å²) in [6.45, 7) is 3.59. The van der Waals surface area contributed by atoms with E-state index in [0.29, 0.717) is 15.9 Å². The summed E-state index contributed by atoms with van der Waals surface area (Å²) in [5, 5.41) is 2.78. The van der Waals surface area contributed by atoms with Gasteiger partial charge in [-0.3, -0.25) is 4.79 Å². The summed E-state index contributed by atoms with van der Waals surface area (Å²) in [5.74, 6) is -0.216. The number of hydrogen-bond acceptors (Lipinski definition) is 2. The van der Waals surface area contributed by atoms with Gasteiger partial charge in [0.05, 0.1) is 4.47 Å². The van der Waals surface area contributed by atoms with Gasteiger partial charge in [-0.1, -0.05) is 12.1 Å². The maximum absolute atomic E-state index is 13.0. The average molecular weight is 352 g/mol. The van der Waals surface area contributed by atoms with Crippen LogP contribution in [0.1, 0.15) is 12.5 Å². The van der Waals surface area contributed by atoms with Gasteiger partial charge in [0.2, 0.25) is 0 Å². The molecule has 1 N–H and O–H groups in total. The van der Waals surface area contributed by atoms with Gasteiger partial charge in [0.25, 0.3) is 5.91 Å². The lowest BCUT2D eigenvalue weighted by Gasteiger charge is -2.16. The van der Waals surface area contributed by atoms with Crippen molar-refractivity contribution in [2.75, 3.05) is 5.32 Å². The molecule has 1 atom stereocenters. The first-order valence-corrected chi connectivity index (χ1v) is 7.24. The minimum absolute atomic E-state index is 0.267. The highest BCUT2D eigenvalue weighted by Gasteiger charge is 2.16. The third-order valence-electron chi connectivity index (χ3n) is 2.85. The first-order valence-electron chi connectivity index (χ1n) is 6.45. The second-order valence-electron chi connectivity index (χ2n) is 4.69. The Morgan fingerprint density at radius 1 is 1.29 bits per heavy atom. The van der Waals surface area contributed by atoms with Crippen LogP contribution in [0.15, 0.2) is 46.9 Å². The van der Waals surface area contributed by atoms with Crippen LogP contribution in [0, 0.1) is 12.7 Å². The fraction of sp³-hybridized carbons (Fsp3) is 0.188. The van der Waals surface area contributed by atoms with E-state index < -0.39 is 6.10 Å².